The minimum atomic E-state index is -3.87. The fourth-order valence-electron chi connectivity index (χ4n) is 5.62. The van der Waals surface area contributed by atoms with Crippen molar-refractivity contribution < 1.29 is 17.9 Å². The summed E-state index contributed by atoms with van der Waals surface area (Å²) >= 11 is 0. The van der Waals surface area contributed by atoms with Crippen LogP contribution in [0.4, 0.5) is 0 Å². The number of fused-ring (bicyclic) bond motifs is 2. The predicted molar refractivity (Wildman–Crippen MR) is 154 cm³/mol. The monoisotopic (exact) mass is 558 g/mol. The molecule has 208 valence electrons. The van der Waals surface area contributed by atoms with Crippen LogP contribution < -0.4 is 4.72 Å². The number of hydrogen-bond donors (Lipinski definition) is 1. The summed E-state index contributed by atoms with van der Waals surface area (Å²) in [6, 6.07) is 25.7. The average Bonchev–Trinajstić information content (AvgIpc) is 3.39. The van der Waals surface area contributed by atoms with Gasteiger partial charge in [-0.15, -0.1) is 0 Å². The van der Waals surface area contributed by atoms with E-state index < -0.39 is 16.1 Å². The summed E-state index contributed by atoms with van der Waals surface area (Å²) in [5.74, 6) is -0.0720. The summed E-state index contributed by atoms with van der Waals surface area (Å²) in [6.45, 7) is 6.11. The maximum absolute atomic E-state index is 13.6. The number of hydrogen-bond acceptors (Lipinski definition) is 5. The van der Waals surface area contributed by atoms with Crippen LogP contribution in [0, 0.1) is 0 Å². The third-order valence-corrected chi connectivity index (χ3v) is 9.33. The van der Waals surface area contributed by atoms with E-state index in [9.17, 15) is 13.2 Å². The van der Waals surface area contributed by atoms with Crippen LogP contribution in [0.25, 0.3) is 10.8 Å². The van der Waals surface area contributed by atoms with Crippen LogP contribution in [0.1, 0.15) is 29.4 Å². The second kappa shape index (κ2) is 11.5. The lowest BCUT2D eigenvalue weighted by Gasteiger charge is -2.32. The van der Waals surface area contributed by atoms with Crippen molar-refractivity contribution in [2.45, 2.75) is 37.0 Å². The van der Waals surface area contributed by atoms with E-state index in [4.69, 9.17) is 4.74 Å². The fraction of sp³-hybridized carbons (Fsp3) is 0.323. The molecule has 1 N–H and O–H groups in total. The second-order valence-electron chi connectivity index (χ2n) is 10.5. The molecule has 3 aromatic carbocycles. The number of aromatic nitrogens is 1. The fourth-order valence-corrected chi connectivity index (χ4v) is 6.88. The molecule has 1 amide bonds. The molecule has 6 rings (SSSR count). The van der Waals surface area contributed by atoms with Crippen LogP contribution in [-0.2, 0) is 39.2 Å². The average molecular weight is 559 g/mol. The van der Waals surface area contributed by atoms with Gasteiger partial charge in [0.05, 0.1) is 30.7 Å². The molecular formula is C31H34N4O4S. The van der Waals surface area contributed by atoms with Crippen molar-refractivity contribution in [3.63, 3.8) is 0 Å². The zero-order chi connectivity index (χ0) is 27.5. The van der Waals surface area contributed by atoms with Gasteiger partial charge in [0.2, 0.25) is 15.9 Å². The number of morpholine rings is 1. The Morgan fingerprint density at radius 1 is 0.850 bits per heavy atom. The second-order valence-corrected chi connectivity index (χ2v) is 12.2. The molecule has 1 fully saturated rings. The molecule has 4 aromatic rings. The molecule has 9 heteroatoms. The first kappa shape index (κ1) is 26.7. The number of sulfonamides is 1. The highest BCUT2D eigenvalue weighted by Crippen LogP contribution is 2.26. The Balaban J connectivity index is 1.17. The van der Waals surface area contributed by atoms with E-state index in [0.717, 1.165) is 61.4 Å². The maximum atomic E-state index is 13.6. The predicted octanol–water partition coefficient (Wildman–Crippen LogP) is 3.93. The minimum Gasteiger partial charge on any atom is -0.379 e. The number of amides is 1. The van der Waals surface area contributed by atoms with E-state index in [1.54, 1.807) is 12.1 Å². The van der Waals surface area contributed by atoms with Gasteiger partial charge in [-0.3, -0.25) is 9.69 Å². The molecule has 40 heavy (non-hydrogen) atoms. The normalized spacial score (nSPS) is 17.1. The quantitative estimate of drug-likeness (QED) is 0.354. The Labute approximate surface area is 235 Å². The number of ether oxygens (including phenoxy) is 1. The van der Waals surface area contributed by atoms with Gasteiger partial charge in [0.1, 0.15) is 0 Å². The van der Waals surface area contributed by atoms with Crippen molar-refractivity contribution in [3.8, 4) is 0 Å². The minimum absolute atomic E-state index is 0.0398. The van der Waals surface area contributed by atoms with Crippen molar-refractivity contribution in [2.24, 2.45) is 0 Å². The van der Waals surface area contributed by atoms with Gasteiger partial charge < -0.3 is 14.2 Å². The summed E-state index contributed by atoms with van der Waals surface area (Å²) in [6.07, 6.45) is 0.0398. The van der Waals surface area contributed by atoms with Crippen LogP contribution in [0.3, 0.4) is 0 Å². The van der Waals surface area contributed by atoms with Gasteiger partial charge in [0.25, 0.3) is 0 Å². The van der Waals surface area contributed by atoms with Crippen molar-refractivity contribution >= 4 is 26.7 Å². The summed E-state index contributed by atoms with van der Waals surface area (Å²) in [5.41, 5.74) is 3.12. The number of rotatable bonds is 8. The van der Waals surface area contributed by atoms with Crippen LogP contribution in [0.5, 0.6) is 0 Å². The van der Waals surface area contributed by atoms with E-state index in [-0.39, 0.29) is 17.2 Å². The third kappa shape index (κ3) is 5.83. The SMILES string of the molecule is O=C(CC(NS(=O)(=O)c1ccc2ccccc2c1)c1ccccc1)N1CCn2c(CN3CCOCC3)ccc2C1. The molecule has 8 nitrogen and oxygen atoms in total. The van der Waals surface area contributed by atoms with Crippen LogP contribution in [-0.4, -0.2) is 61.5 Å². The topological polar surface area (TPSA) is 83.9 Å². The first-order chi connectivity index (χ1) is 19.5. The van der Waals surface area contributed by atoms with Crippen LogP contribution in [0.2, 0.25) is 0 Å². The molecular weight excluding hydrogens is 524 g/mol. The molecule has 0 aliphatic carbocycles. The zero-order valence-electron chi connectivity index (χ0n) is 22.4. The molecule has 0 bridgehead atoms. The van der Waals surface area contributed by atoms with Gasteiger partial charge in [-0.05, 0) is 40.6 Å². The smallest absolute Gasteiger partial charge is 0.241 e. The summed E-state index contributed by atoms with van der Waals surface area (Å²) in [7, 11) is -3.87. The Kier molecular flexibility index (Phi) is 7.71. The molecule has 1 saturated heterocycles. The largest absolute Gasteiger partial charge is 0.379 e. The van der Waals surface area contributed by atoms with Gasteiger partial charge in [-0.25, -0.2) is 13.1 Å². The van der Waals surface area contributed by atoms with Crippen molar-refractivity contribution in [1.29, 1.82) is 0 Å². The van der Waals surface area contributed by atoms with Gasteiger partial charge in [0, 0.05) is 50.5 Å². The Morgan fingerprint density at radius 2 is 1.60 bits per heavy atom. The van der Waals surface area contributed by atoms with E-state index in [2.05, 4.69) is 26.3 Å². The molecule has 2 aliphatic rings. The Morgan fingerprint density at radius 3 is 2.40 bits per heavy atom. The number of nitrogens with one attached hydrogen (secondary N) is 1. The number of carbonyl (C=O) groups excluding carboxylic acids is 1. The Hall–Kier alpha value is -3.50. The van der Waals surface area contributed by atoms with Crippen molar-refractivity contribution in [2.75, 3.05) is 32.8 Å². The van der Waals surface area contributed by atoms with Gasteiger partial charge >= 0.3 is 0 Å². The van der Waals surface area contributed by atoms with Crippen LogP contribution in [0.15, 0.2) is 89.8 Å². The zero-order valence-corrected chi connectivity index (χ0v) is 23.2. The first-order valence-electron chi connectivity index (χ1n) is 13.8. The molecule has 1 aromatic heterocycles. The number of carbonyl (C=O) groups is 1. The van der Waals surface area contributed by atoms with Crippen LogP contribution >= 0.6 is 0 Å². The van der Waals surface area contributed by atoms with E-state index >= 15 is 0 Å². The number of nitrogens with zero attached hydrogens (tertiary/aromatic N) is 3. The lowest BCUT2D eigenvalue weighted by atomic mass is 10.0. The third-order valence-electron chi connectivity index (χ3n) is 7.86. The highest BCUT2D eigenvalue weighted by atomic mass is 32.2. The molecule has 2 aliphatic heterocycles. The summed E-state index contributed by atoms with van der Waals surface area (Å²) in [4.78, 5) is 18.0. The lowest BCUT2D eigenvalue weighted by Crippen LogP contribution is -2.41. The van der Waals surface area contributed by atoms with E-state index in [0.29, 0.717) is 13.1 Å². The van der Waals surface area contributed by atoms with E-state index in [1.165, 1.54) is 5.69 Å². The molecule has 0 radical (unpaired) electrons. The lowest BCUT2D eigenvalue weighted by molar-refractivity contribution is -0.133. The van der Waals surface area contributed by atoms with Gasteiger partial charge in [-0.2, -0.15) is 0 Å². The van der Waals surface area contributed by atoms with E-state index in [1.807, 2.05) is 65.6 Å². The highest BCUT2D eigenvalue weighted by molar-refractivity contribution is 7.89. The highest BCUT2D eigenvalue weighted by Gasteiger charge is 2.28. The van der Waals surface area contributed by atoms with Crippen molar-refractivity contribution in [3.05, 3.63) is 102 Å². The number of benzene rings is 3. The molecule has 1 atom stereocenters. The molecule has 0 spiro atoms. The molecule has 1 unspecified atom stereocenters. The Bertz CT molecular complexity index is 1600. The summed E-state index contributed by atoms with van der Waals surface area (Å²) in [5, 5.41) is 1.82. The van der Waals surface area contributed by atoms with Gasteiger partial charge in [-0.1, -0.05) is 60.7 Å². The van der Waals surface area contributed by atoms with Gasteiger partial charge in [0.15, 0.2) is 0 Å². The molecule has 0 saturated carbocycles. The summed E-state index contributed by atoms with van der Waals surface area (Å²) < 4.78 is 37.6. The molecule has 3 heterocycles. The maximum Gasteiger partial charge on any atom is 0.241 e. The van der Waals surface area contributed by atoms with Crippen molar-refractivity contribution in [1.82, 2.24) is 19.1 Å². The first-order valence-corrected chi connectivity index (χ1v) is 15.3. The standard InChI is InChI=1S/C31H34N4O4S/c36-31(34-14-15-35-27(11-12-28(35)23-34)22-33-16-18-39-19-17-33)21-30(25-7-2-1-3-8-25)32-40(37,38)29-13-10-24-6-4-5-9-26(24)20-29/h1-13,20,30,32H,14-19,21-23H2.